The van der Waals surface area contributed by atoms with Gasteiger partial charge in [0.15, 0.2) is 23.1 Å². The zero-order chi connectivity index (χ0) is 19.8. The molecule has 6 nitrogen and oxygen atoms in total. The molecule has 0 unspecified atom stereocenters. The van der Waals surface area contributed by atoms with Crippen LogP contribution in [0.2, 0.25) is 5.02 Å². The second kappa shape index (κ2) is 7.55. The quantitative estimate of drug-likeness (QED) is 0.340. The number of hydrogen-bond acceptors (Lipinski definition) is 5. The summed E-state index contributed by atoms with van der Waals surface area (Å²) < 4.78 is 40.6. The maximum Gasteiger partial charge on any atom is 0.311 e. The first-order chi connectivity index (χ1) is 13.5. The fraction of sp³-hybridized carbons (Fsp3) is 0.111. The van der Waals surface area contributed by atoms with Crippen molar-refractivity contribution in [2.45, 2.75) is 6.92 Å². The summed E-state index contributed by atoms with van der Waals surface area (Å²) in [6.45, 7) is 2.56. The Bertz CT molecular complexity index is 1150. The van der Waals surface area contributed by atoms with Crippen LogP contribution in [0.25, 0.3) is 5.69 Å². The molecule has 0 aliphatic carbocycles. The average molecular weight is 517 g/mol. The van der Waals surface area contributed by atoms with E-state index in [0.717, 1.165) is 10.6 Å². The number of halogens is 4. The molecule has 0 N–H and O–H groups in total. The van der Waals surface area contributed by atoms with Crippen molar-refractivity contribution < 1.29 is 13.5 Å². The maximum absolute atomic E-state index is 14.2. The maximum atomic E-state index is 14.2. The van der Waals surface area contributed by atoms with E-state index in [4.69, 9.17) is 16.3 Å². The zero-order valence-electron chi connectivity index (χ0n) is 14.4. The van der Waals surface area contributed by atoms with Crippen molar-refractivity contribution in [1.29, 1.82) is 0 Å². The van der Waals surface area contributed by atoms with Gasteiger partial charge in [-0.15, -0.1) is 0 Å². The molecule has 4 rings (SSSR count). The molecule has 10 heteroatoms. The summed E-state index contributed by atoms with van der Waals surface area (Å²) in [5.41, 5.74) is 0.0916. The van der Waals surface area contributed by atoms with Crippen LogP contribution in [-0.2, 0) is 0 Å². The zero-order valence-corrected chi connectivity index (χ0v) is 17.3. The predicted molar refractivity (Wildman–Crippen MR) is 110 cm³/mol. The van der Waals surface area contributed by atoms with Crippen LogP contribution in [0.15, 0.2) is 50.4 Å². The molecule has 0 atom stereocenters. The van der Waals surface area contributed by atoms with Crippen molar-refractivity contribution in [3.05, 3.63) is 69.5 Å². The van der Waals surface area contributed by atoms with Crippen molar-refractivity contribution in [1.82, 2.24) is 9.55 Å². The van der Waals surface area contributed by atoms with Crippen LogP contribution >= 0.6 is 32.9 Å². The van der Waals surface area contributed by atoms with E-state index in [-0.39, 0.29) is 22.5 Å². The fourth-order valence-electron chi connectivity index (χ4n) is 2.59. The lowest BCUT2D eigenvalue weighted by molar-refractivity contribution is 0.398. The predicted octanol–water partition coefficient (Wildman–Crippen LogP) is 5.50. The van der Waals surface area contributed by atoms with Crippen molar-refractivity contribution in [3.8, 4) is 17.4 Å². The topological polar surface area (TPSA) is 59.7 Å². The summed E-state index contributed by atoms with van der Waals surface area (Å²) in [6.07, 6.45) is 0. The largest absolute Gasteiger partial charge is 0.422 e. The van der Waals surface area contributed by atoms with Crippen LogP contribution < -0.4 is 13.4 Å². The number of hydrogen-bond donors (Lipinski definition) is 0. The van der Waals surface area contributed by atoms with Crippen molar-refractivity contribution in [2.24, 2.45) is 3.15 Å². The molecule has 2 aromatic carbocycles. The second-order valence-corrected chi connectivity index (χ2v) is 8.21. The molecule has 144 valence electrons. The molecule has 28 heavy (non-hydrogen) atoms. The van der Waals surface area contributed by atoms with Gasteiger partial charge in [-0.1, -0.05) is 11.6 Å². The highest BCUT2D eigenvalue weighted by atomic mass is 127. The Hall–Kier alpha value is -2.40. The molecule has 3 aromatic rings. The minimum atomic E-state index is -0.767. The SMILES string of the molecule is CCN1I=Nc2c1nc(Oc1ccc(Cl)cc1F)n(-c1ccc(F)cc1)c2=O. The minimum absolute atomic E-state index is 0.139. The Kier molecular flexibility index (Phi) is 5.11. The molecule has 0 saturated carbocycles. The van der Waals surface area contributed by atoms with Crippen LogP contribution in [-0.4, -0.2) is 16.1 Å². The van der Waals surface area contributed by atoms with E-state index in [0.29, 0.717) is 18.1 Å². The normalized spacial score (nSPS) is 12.6. The van der Waals surface area contributed by atoms with Gasteiger partial charge >= 0.3 is 6.01 Å². The van der Waals surface area contributed by atoms with Crippen molar-refractivity contribution in [2.75, 3.05) is 9.66 Å². The van der Waals surface area contributed by atoms with Gasteiger partial charge in [0.2, 0.25) is 0 Å². The lowest BCUT2D eigenvalue weighted by Crippen LogP contribution is -2.23. The van der Waals surface area contributed by atoms with Crippen LogP contribution in [0.4, 0.5) is 20.3 Å². The first kappa shape index (κ1) is 18.9. The van der Waals surface area contributed by atoms with Crippen molar-refractivity contribution >= 4 is 44.4 Å². The fourth-order valence-corrected chi connectivity index (χ4v) is 4.49. The average Bonchev–Trinajstić information content (AvgIpc) is 3.08. The molecular formula is C18H12ClF2IN4O2. The molecule has 0 bridgehead atoms. The van der Waals surface area contributed by atoms with Crippen LogP contribution in [0.3, 0.4) is 0 Å². The third kappa shape index (κ3) is 3.39. The van der Waals surface area contributed by atoms with Gasteiger partial charge in [0, 0.05) is 11.6 Å². The molecule has 0 radical (unpaired) electrons. The van der Waals surface area contributed by atoms with E-state index in [1.165, 1.54) is 36.4 Å². The minimum Gasteiger partial charge on any atom is -0.422 e. The number of ether oxygens (including phenoxy) is 1. The van der Waals surface area contributed by atoms with Gasteiger partial charge in [0.1, 0.15) is 27.1 Å². The van der Waals surface area contributed by atoms with E-state index < -0.39 is 38.5 Å². The van der Waals surface area contributed by atoms with Crippen LogP contribution in [0.1, 0.15) is 6.92 Å². The summed E-state index contributed by atoms with van der Waals surface area (Å²) in [6, 6.07) is 9.02. The standard InChI is InChI=1S/C18H12ClF2IN4O2/c1-2-25-16-15(24-22-25)17(27)26(12-6-4-11(20)5-7-12)18(23-16)28-14-8-3-10(19)9-13(14)21/h3-9H,2H2,1H3. The van der Waals surface area contributed by atoms with Gasteiger partial charge in [0.25, 0.3) is 5.56 Å². The van der Waals surface area contributed by atoms with Gasteiger partial charge in [0.05, 0.1) is 5.69 Å². The molecule has 0 fully saturated rings. The summed E-state index contributed by atoms with van der Waals surface area (Å²) in [5, 5.41) is 0.211. The molecule has 1 aliphatic heterocycles. The van der Waals surface area contributed by atoms with E-state index in [1.807, 2.05) is 10.0 Å². The number of benzene rings is 2. The highest BCUT2D eigenvalue weighted by Gasteiger charge is 2.26. The Morgan fingerprint density at radius 1 is 1.18 bits per heavy atom. The van der Waals surface area contributed by atoms with E-state index >= 15 is 0 Å². The van der Waals surface area contributed by atoms with Gasteiger partial charge in [-0.2, -0.15) is 8.13 Å². The van der Waals surface area contributed by atoms with Gasteiger partial charge in [-0.25, -0.2) is 13.3 Å². The van der Waals surface area contributed by atoms with Crippen LogP contribution in [0, 0.1) is 11.6 Å². The highest BCUT2D eigenvalue weighted by Crippen LogP contribution is 2.40. The first-order valence-electron chi connectivity index (χ1n) is 8.17. The lowest BCUT2D eigenvalue weighted by atomic mass is 10.3. The summed E-state index contributed by atoms with van der Waals surface area (Å²) >= 11 is 5.02. The molecule has 1 aliphatic rings. The second-order valence-electron chi connectivity index (χ2n) is 5.70. The third-order valence-corrected chi connectivity index (χ3v) is 6.50. The van der Waals surface area contributed by atoms with Gasteiger partial charge < -0.3 is 4.74 Å². The number of nitrogens with zero attached hydrogens (tertiary/aromatic N) is 4. The summed E-state index contributed by atoms with van der Waals surface area (Å²) in [7, 11) is 0. The number of aromatic nitrogens is 2. The van der Waals surface area contributed by atoms with Gasteiger partial charge in [-0.05, 0) is 49.4 Å². The Morgan fingerprint density at radius 2 is 1.93 bits per heavy atom. The Balaban J connectivity index is 1.91. The smallest absolute Gasteiger partial charge is 0.311 e. The molecule has 0 amide bonds. The first-order valence-corrected chi connectivity index (χ1v) is 10.5. The van der Waals surface area contributed by atoms with Gasteiger partial charge in [-0.3, -0.25) is 7.91 Å². The van der Waals surface area contributed by atoms with Crippen LogP contribution in [0.5, 0.6) is 11.8 Å². The highest BCUT2D eigenvalue weighted by molar-refractivity contribution is 14.2. The lowest BCUT2D eigenvalue weighted by Gasteiger charge is -2.16. The van der Waals surface area contributed by atoms with Crippen molar-refractivity contribution in [3.63, 3.8) is 0 Å². The summed E-state index contributed by atoms with van der Waals surface area (Å²) in [4.78, 5) is 17.5. The summed E-state index contributed by atoms with van der Waals surface area (Å²) in [5.74, 6) is -0.884. The third-order valence-electron chi connectivity index (χ3n) is 3.91. The molecule has 0 saturated heterocycles. The Labute approximate surface area is 173 Å². The number of anilines is 1. The van der Waals surface area contributed by atoms with E-state index in [9.17, 15) is 13.6 Å². The van der Waals surface area contributed by atoms with E-state index in [2.05, 4.69) is 8.13 Å². The number of rotatable bonds is 4. The number of fused-ring (bicyclic) bond motifs is 1. The molecule has 0 spiro atoms. The molecular weight excluding hydrogens is 505 g/mol. The molecule has 2 heterocycles. The van der Waals surface area contributed by atoms with E-state index in [1.54, 1.807) is 0 Å². The monoisotopic (exact) mass is 516 g/mol. The Morgan fingerprint density at radius 3 is 2.61 bits per heavy atom. The molecule has 1 aromatic heterocycles.